The Labute approximate surface area is 263 Å². The van der Waals surface area contributed by atoms with Gasteiger partial charge in [-0.15, -0.1) is 0 Å². The Morgan fingerprint density at radius 1 is 0.957 bits per heavy atom. The summed E-state index contributed by atoms with van der Waals surface area (Å²) in [7, 11) is 0. The number of rotatable bonds is 8. The molecule has 1 saturated heterocycles. The molecule has 1 fully saturated rings. The van der Waals surface area contributed by atoms with Crippen LogP contribution in [0.1, 0.15) is 27.0 Å². The number of nitrogens with one attached hydrogen (secondary N) is 3. The van der Waals surface area contributed by atoms with Crippen molar-refractivity contribution in [1.29, 1.82) is 0 Å². The second kappa shape index (κ2) is 13.2. The van der Waals surface area contributed by atoms with Crippen LogP contribution in [-0.4, -0.2) is 53.6 Å². The van der Waals surface area contributed by atoms with E-state index >= 15 is 0 Å². The van der Waals surface area contributed by atoms with Crippen molar-refractivity contribution >= 4 is 34.0 Å². The third kappa shape index (κ3) is 7.27. The summed E-state index contributed by atoms with van der Waals surface area (Å²) < 4.78 is 44.8. The Balaban J connectivity index is 1.16. The zero-order chi connectivity index (χ0) is 32.3. The van der Waals surface area contributed by atoms with Crippen LogP contribution >= 0.6 is 0 Å². The Morgan fingerprint density at radius 2 is 1.72 bits per heavy atom. The molecule has 0 radical (unpaired) electrons. The SMILES string of the molecule is Cc1ccc(NC(=O)c2cccc(C(F)(F)F)c2)cc1-c1cc2cnc(Nc3ccc(CCN4CCOCC4)cc3)cc2[nH]c1=O. The molecule has 11 heteroatoms. The normalized spacial score (nSPS) is 13.9. The van der Waals surface area contributed by atoms with Crippen molar-refractivity contribution in [3.63, 3.8) is 0 Å². The van der Waals surface area contributed by atoms with Crippen molar-refractivity contribution < 1.29 is 22.7 Å². The van der Waals surface area contributed by atoms with Crippen LogP contribution in [0.3, 0.4) is 0 Å². The number of aryl methyl sites for hydroxylation is 1. The largest absolute Gasteiger partial charge is 0.416 e. The number of halogens is 3. The van der Waals surface area contributed by atoms with E-state index in [-0.39, 0.29) is 11.1 Å². The van der Waals surface area contributed by atoms with E-state index in [1.165, 1.54) is 17.7 Å². The highest BCUT2D eigenvalue weighted by Gasteiger charge is 2.31. The standard InChI is InChI=1S/C35H32F3N5O3/c1-22-5-8-28(41-33(44)24-3-2-4-26(17-24)35(36,37)38)19-29(22)30-18-25-21-39-32(20-31(25)42-34(30)45)40-27-9-6-23(7-10-27)11-12-43-13-15-46-16-14-43/h2-10,17-21H,11-16H2,1H3,(H,39,40)(H,41,44)(H,42,45). The van der Waals surface area contributed by atoms with Crippen LogP contribution in [-0.2, 0) is 17.3 Å². The van der Waals surface area contributed by atoms with Gasteiger partial charge in [-0.3, -0.25) is 14.5 Å². The number of hydrogen-bond acceptors (Lipinski definition) is 6. The maximum Gasteiger partial charge on any atom is 0.416 e. The van der Waals surface area contributed by atoms with Gasteiger partial charge in [0.1, 0.15) is 5.82 Å². The maximum absolute atomic E-state index is 13.3. The van der Waals surface area contributed by atoms with E-state index in [0.717, 1.165) is 62.7 Å². The maximum atomic E-state index is 13.3. The summed E-state index contributed by atoms with van der Waals surface area (Å²) in [5, 5.41) is 6.64. The number of amides is 1. The summed E-state index contributed by atoms with van der Waals surface area (Å²) in [5.74, 6) is -0.118. The predicted molar refractivity (Wildman–Crippen MR) is 173 cm³/mol. The van der Waals surface area contributed by atoms with Gasteiger partial charge in [0, 0.05) is 59.8 Å². The van der Waals surface area contributed by atoms with Gasteiger partial charge in [-0.05, 0) is 78.6 Å². The summed E-state index contributed by atoms with van der Waals surface area (Å²) in [6.07, 6.45) is -1.93. The number of carbonyl (C=O) groups excluding carboxylic acids is 1. The topological polar surface area (TPSA) is 99.3 Å². The number of nitrogens with zero attached hydrogens (tertiary/aromatic N) is 2. The van der Waals surface area contributed by atoms with Crippen LogP contribution in [0.15, 0.2) is 89.9 Å². The number of aromatic amines is 1. The van der Waals surface area contributed by atoms with Crippen molar-refractivity contribution in [2.75, 3.05) is 43.5 Å². The van der Waals surface area contributed by atoms with Crippen molar-refractivity contribution in [3.8, 4) is 11.1 Å². The molecule has 6 rings (SSSR count). The quantitative estimate of drug-likeness (QED) is 0.175. The van der Waals surface area contributed by atoms with Crippen molar-refractivity contribution in [1.82, 2.24) is 14.9 Å². The van der Waals surface area contributed by atoms with E-state index < -0.39 is 17.6 Å². The van der Waals surface area contributed by atoms with Gasteiger partial charge in [0.05, 0.1) is 24.3 Å². The van der Waals surface area contributed by atoms with Gasteiger partial charge in [-0.2, -0.15) is 13.2 Å². The van der Waals surface area contributed by atoms with Gasteiger partial charge in [0.25, 0.3) is 11.5 Å². The molecule has 0 unspecified atom stereocenters. The summed E-state index contributed by atoms with van der Waals surface area (Å²) in [6, 6.07) is 20.9. The number of aromatic nitrogens is 2. The number of ether oxygens (including phenoxy) is 1. The van der Waals surface area contributed by atoms with Crippen LogP contribution in [0.25, 0.3) is 22.0 Å². The highest BCUT2D eigenvalue weighted by Crippen LogP contribution is 2.30. The second-order valence-corrected chi connectivity index (χ2v) is 11.3. The molecule has 0 spiro atoms. The first-order valence-corrected chi connectivity index (χ1v) is 14.9. The lowest BCUT2D eigenvalue weighted by Crippen LogP contribution is -2.37. The third-order valence-electron chi connectivity index (χ3n) is 8.01. The minimum atomic E-state index is -4.56. The molecule has 0 aliphatic carbocycles. The fourth-order valence-corrected chi connectivity index (χ4v) is 5.41. The fourth-order valence-electron chi connectivity index (χ4n) is 5.41. The zero-order valence-corrected chi connectivity index (χ0v) is 25.1. The second-order valence-electron chi connectivity index (χ2n) is 11.3. The first-order chi connectivity index (χ1) is 22.1. The highest BCUT2D eigenvalue weighted by atomic mass is 19.4. The molecule has 3 aromatic carbocycles. The van der Waals surface area contributed by atoms with E-state index in [2.05, 4.69) is 37.6 Å². The van der Waals surface area contributed by atoms with Crippen LogP contribution in [0, 0.1) is 6.92 Å². The molecule has 3 heterocycles. The zero-order valence-electron chi connectivity index (χ0n) is 25.1. The Kier molecular flexibility index (Phi) is 8.87. The molecular formula is C35H32F3N5O3. The van der Waals surface area contributed by atoms with Gasteiger partial charge in [-0.1, -0.05) is 24.3 Å². The summed E-state index contributed by atoms with van der Waals surface area (Å²) >= 11 is 0. The highest BCUT2D eigenvalue weighted by molar-refractivity contribution is 6.04. The van der Waals surface area contributed by atoms with Gasteiger partial charge in [0.15, 0.2) is 0 Å². The number of H-pyrrole nitrogens is 1. The molecule has 2 aromatic heterocycles. The van der Waals surface area contributed by atoms with Gasteiger partial charge in [0.2, 0.25) is 0 Å². The molecule has 1 amide bonds. The fraction of sp³-hybridized carbons (Fsp3) is 0.229. The Morgan fingerprint density at radius 3 is 2.48 bits per heavy atom. The van der Waals surface area contributed by atoms with Crippen molar-refractivity contribution in [3.05, 3.63) is 118 Å². The van der Waals surface area contributed by atoms with Crippen LogP contribution < -0.4 is 16.2 Å². The molecule has 8 nitrogen and oxygen atoms in total. The first-order valence-electron chi connectivity index (χ1n) is 14.9. The smallest absolute Gasteiger partial charge is 0.379 e. The monoisotopic (exact) mass is 627 g/mol. The molecule has 0 atom stereocenters. The van der Waals surface area contributed by atoms with Gasteiger partial charge >= 0.3 is 6.18 Å². The molecule has 1 aliphatic heterocycles. The van der Waals surface area contributed by atoms with E-state index in [9.17, 15) is 22.8 Å². The third-order valence-corrected chi connectivity index (χ3v) is 8.01. The number of carbonyl (C=O) groups is 1. The molecule has 0 saturated carbocycles. The summed E-state index contributed by atoms with van der Waals surface area (Å²) in [5.41, 5.74) is 3.41. The lowest BCUT2D eigenvalue weighted by molar-refractivity contribution is -0.137. The average Bonchev–Trinajstić information content (AvgIpc) is 3.05. The van der Waals surface area contributed by atoms with Crippen molar-refractivity contribution in [2.24, 2.45) is 0 Å². The lowest BCUT2D eigenvalue weighted by atomic mass is 10.00. The number of pyridine rings is 2. The first kappa shape index (κ1) is 31.0. The number of hydrogen-bond donors (Lipinski definition) is 3. The molecule has 0 bridgehead atoms. The number of anilines is 3. The van der Waals surface area contributed by atoms with Crippen molar-refractivity contribution in [2.45, 2.75) is 19.5 Å². The van der Waals surface area contributed by atoms with Crippen LogP contribution in [0.2, 0.25) is 0 Å². The van der Waals surface area contributed by atoms with E-state index in [4.69, 9.17) is 4.74 Å². The predicted octanol–water partition coefficient (Wildman–Crippen LogP) is 6.79. The Bertz CT molecular complexity index is 1930. The summed E-state index contributed by atoms with van der Waals surface area (Å²) in [4.78, 5) is 35.9. The van der Waals surface area contributed by atoms with Gasteiger partial charge in [-0.25, -0.2) is 4.98 Å². The number of morpholine rings is 1. The number of fused-ring (bicyclic) bond motifs is 1. The molecule has 1 aliphatic rings. The minimum Gasteiger partial charge on any atom is -0.379 e. The molecule has 5 aromatic rings. The molecule has 236 valence electrons. The Hall–Kier alpha value is -5.00. The van der Waals surface area contributed by atoms with Gasteiger partial charge < -0.3 is 20.4 Å². The molecule has 3 N–H and O–H groups in total. The number of benzene rings is 3. The van der Waals surface area contributed by atoms with E-state index in [0.29, 0.717) is 33.5 Å². The van der Waals surface area contributed by atoms with E-state index in [1.54, 1.807) is 36.5 Å². The van der Waals surface area contributed by atoms with E-state index in [1.807, 2.05) is 19.1 Å². The minimum absolute atomic E-state index is 0.129. The molecule has 46 heavy (non-hydrogen) atoms. The number of alkyl halides is 3. The summed E-state index contributed by atoms with van der Waals surface area (Å²) in [6.45, 7) is 6.33. The molecular weight excluding hydrogens is 595 g/mol. The van der Waals surface area contributed by atoms with Crippen LogP contribution in [0.5, 0.6) is 0 Å². The average molecular weight is 628 g/mol. The lowest BCUT2D eigenvalue weighted by Gasteiger charge is -2.26. The van der Waals surface area contributed by atoms with Crippen LogP contribution in [0.4, 0.5) is 30.4 Å².